The lowest BCUT2D eigenvalue weighted by atomic mass is 9.93. The topological polar surface area (TPSA) is 26.3 Å². The lowest BCUT2D eigenvalue weighted by molar-refractivity contribution is 0.0600. The normalized spacial score (nSPS) is 10.5. The van der Waals surface area contributed by atoms with Gasteiger partial charge in [0, 0.05) is 0 Å². The summed E-state index contributed by atoms with van der Waals surface area (Å²) < 4.78 is 4.88. The smallest absolute Gasteiger partial charge is 0.337 e. The summed E-state index contributed by atoms with van der Waals surface area (Å²) >= 11 is 0. The molecule has 0 saturated carbocycles. The molecule has 0 bridgehead atoms. The predicted molar refractivity (Wildman–Crippen MR) is 106 cm³/mol. The number of rotatable bonds is 6. The molecule has 0 saturated heterocycles. The average Bonchev–Trinajstić information content (AvgIpc) is 2.69. The summed E-state index contributed by atoms with van der Waals surface area (Å²) in [5, 5.41) is 0. The third-order valence-corrected chi connectivity index (χ3v) is 4.64. The summed E-state index contributed by atoms with van der Waals surface area (Å²) in [6.45, 7) is 2.11. The standard InChI is InChI=1S/C24H24O2/c1-18-11-13-19(14-12-18)7-6-10-21-17-22(24(25)26-2)15-16-23(21)20-8-4-3-5-9-20/h3-5,8-9,11-17H,6-7,10H2,1-2H3. The maximum absolute atomic E-state index is 11.9. The van der Waals surface area contributed by atoms with E-state index in [2.05, 4.69) is 43.3 Å². The number of esters is 1. The highest BCUT2D eigenvalue weighted by Gasteiger charge is 2.11. The number of benzene rings is 3. The third-order valence-electron chi connectivity index (χ3n) is 4.64. The van der Waals surface area contributed by atoms with Gasteiger partial charge in [-0.05, 0) is 60.6 Å². The van der Waals surface area contributed by atoms with Gasteiger partial charge in [0.25, 0.3) is 0 Å². The van der Waals surface area contributed by atoms with Crippen molar-refractivity contribution in [2.45, 2.75) is 26.2 Å². The molecule has 3 aromatic rings. The minimum absolute atomic E-state index is 0.288. The molecule has 0 spiro atoms. The minimum Gasteiger partial charge on any atom is -0.465 e. The molecule has 26 heavy (non-hydrogen) atoms. The van der Waals surface area contributed by atoms with Gasteiger partial charge in [-0.25, -0.2) is 4.79 Å². The highest BCUT2D eigenvalue weighted by atomic mass is 16.5. The molecule has 0 N–H and O–H groups in total. The van der Waals surface area contributed by atoms with Crippen LogP contribution in [0.2, 0.25) is 0 Å². The molecule has 0 aromatic heterocycles. The van der Waals surface area contributed by atoms with E-state index in [-0.39, 0.29) is 5.97 Å². The maximum atomic E-state index is 11.9. The summed E-state index contributed by atoms with van der Waals surface area (Å²) in [6, 6.07) is 24.9. The Morgan fingerprint density at radius 2 is 1.62 bits per heavy atom. The van der Waals surface area contributed by atoms with E-state index in [4.69, 9.17) is 4.74 Å². The molecule has 3 rings (SSSR count). The Morgan fingerprint density at radius 3 is 2.31 bits per heavy atom. The molecule has 2 nitrogen and oxygen atoms in total. The number of hydrogen-bond donors (Lipinski definition) is 0. The van der Waals surface area contributed by atoms with Gasteiger partial charge in [-0.2, -0.15) is 0 Å². The lowest BCUT2D eigenvalue weighted by Gasteiger charge is -2.12. The average molecular weight is 344 g/mol. The fraction of sp³-hybridized carbons (Fsp3) is 0.208. The maximum Gasteiger partial charge on any atom is 0.337 e. The number of carbonyl (C=O) groups excluding carboxylic acids is 1. The van der Waals surface area contributed by atoms with Gasteiger partial charge < -0.3 is 4.74 Å². The summed E-state index contributed by atoms with van der Waals surface area (Å²) in [5.74, 6) is -0.288. The van der Waals surface area contributed by atoms with Crippen molar-refractivity contribution in [1.29, 1.82) is 0 Å². The summed E-state index contributed by atoms with van der Waals surface area (Å²) in [6.07, 6.45) is 2.98. The van der Waals surface area contributed by atoms with Crippen LogP contribution in [0.3, 0.4) is 0 Å². The molecule has 0 fully saturated rings. The van der Waals surface area contributed by atoms with Crippen LogP contribution in [-0.4, -0.2) is 13.1 Å². The highest BCUT2D eigenvalue weighted by molar-refractivity contribution is 5.90. The second-order valence-corrected chi connectivity index (χ2v) is 6.57. The zero-order chi connectivity index (χ0) is 18.4. The van der Waals surface area contributed by atoms with Gasteiger partial charge in [-0.3, -0.25) is 0 Å². The number of aryl methyl sites for hydroxylation is 3. The van der Waals surface area contributed by atoms with Crippen LogP contribution in [-0.2, 0) is 17.6 Å². The van der Waals surface area contributed by atoms with Crippen LogP contribution in [0.4, 0.5) is 0 Å². The van der Waals surface area contributed by atoms with Gasteiger partial charge in [-0.15, -0.1) is 0 Å². The first kappa shape index (κ1) is 17.9. The fourth-order valence-electron chi connectivity index (χ4n) is 3.18. The van der Waals surface area contributed by atoms with Gasteiger partial charge in [0.2, 0.25) is 0 Å². The van der Waals surface area contributed by atoms with Crippen LogP contribution < -0.4 is 0 Å². The second kappa shape index (κ2) is 8.48. The molecule has 3 aromatic carbocycles. The second-order valence-electron chi connectivity index (χ2n) is 6.57. The molecule has 0 radical (unpaired) electrons. The van der Waals surface area contributed by atoms with Gasteiger partial charge in [0.1, 0.15) is 0 Å². The van der Waals surface area contributed by atoms with E-state index < -0.39 is 0 Å². The quantitative estimate of drug-likeness (QED) is 0.542. The number of carbonyl (C=O) groups is 1. The van der Waals surface area contributed by atoms with Crippen LogP contribution in [0, 0.1) is 6.92 Å². The van der Waals surface area contributed by atoms with E-state index in [1.165, 1.54) is 34.9 Å². The molecule has 0 unspecified atom stereocenters. The molecule has 132 valence electrons. The zero-order valence-electron chi connectivity index (χ0n) is 15.4. The van der Waals surface area contributed by atoms with Crippen LogP contribution in [0.1, 0.15) is 33.5 Å². The molecular formula is C24H24O2. The largest absolute Gasteiger partial charge is 0.465 e. The van der Waals surface area contributed by atoms with Crippen molar-refractivity contribution < 1.29 is 9.53 Å². The van der Waals surface area contributed by atoms with Crippen molar-refractivity contribution in [2.75, 3.05) is 7.11 Å². The van der Waals surface area contributed by atoms with Crippen molar-refractivity contribution >= 4 is 5.97 Å². The lowest BCUT2D eigenvalue weighted by Crippen LogP contribution is -2.03. The highest BCUT2D eigenvalue weighted by Crippen LogP contribution is 2.26. The first-order chi connectivity index (χ1) is 12.7. The van der Waals surface area contributed by atoms with Crippen LogP contribution >= 0.6 is 0 Å². The molecular weight excluding hydrogens is 320 g/mol. The Hall–Kier alpha value is -2.87. The minimum atomic E-state index is -0.288. The Kier molecular flexibility index (Phi) is 5.85. The van der Waals surface area contributed by atoms with Crippen molar-refractivity contribution in [3.63, 3.8) is 0 Å². The SMILES string of the molecule is COC(=O)c1ccc(-c2ccccc2)c(CCCc2ccc(C)cc2)c1. The molecule has 0 aliphatic heterocycles. The van der Waals surface area contributed by atoms with Gasteiger partial charge in [-0.1, -0.05) is 66.2 Å². The van der Waals surface area contributed by atoms with E-state index in [0.717, 1.165) is 19.3 Å². The first-order valence-corrected chi connectivity index (χ1v) is 8.99. The predicted octanol–water partition coefficient (Wildman–Crippen LogP) is 5.62. The van der Waals surface area contributed by atoms with E-state index in [1.54, 1.807) is 0 Å². The molecule has 2 heteroatoms. The molecule has 0 amide bonds. The molecule has 0 aliphatic rings. The number of hydrogen-bond acceptors (Lipinski definition) is 2. The van der Waals surface area contributed by atoms with E-state index >= 15 is 0 Å². The third kappa shape index (κ3) is 4.40. The number of methoxy groups -OCH3 is 1. The van der Waals surface area contributed by atoms with Crippen LogP contribution in [0.15, 0.2) is 72.8 Å². The van der Waals surface area contributed by atoms with Crippen LogP contribution in [0.5, 0.6) is 0 Å². The Labute approximate surface area is 155 Å². The Bertz CT molecular complexity index is 864. The molecule has 0 atom stereocenters. The van der Waals surface area contributed by atoms with Crippen molar-refractivity contribution in [3.8, 4) is 11.1 Å². The zero-order valence-corrected chi connectivity index (χ0v) is 15.4. The monoisotopic (exact) mass is 344 g/mol. The molecule has 0 heterocycles. The van der Waals surface area contributed by atoms with Crippen molar-refractivity contribution in [3.05, 3.63) is 95.1 Å². The van der Waals surface area contributed by atoms with E-state index in [0.29, 0.717) is 5.56 Å². The van der Waals surface area contributed by atoms with E-state index in [9.17, 15) is 4.79 Å². The van der Waals surface area contributed by atoms with Gasteiger partial charge in [0.15, 0.2) is 0 Å². The summed E-state index contributed by atoms with van der Waals surface area (Å²) in [4.78, 5) is 11.9. The Morgan fingerprint density at radius 1 is 0.885 bits per heavy atom. The summed E-state index contributed by atoms with van der Waals surface area (Å²) in [7, 11) is 1.42. The Balaban J connectivity index is 1.82. The van der Waals surface area contributed by atoms with Crippen molar-refractivity contribution in [1.82, 2.24) is 0 Å². The van der Waals surface area contributed by atoms with Gasteiger partial charge in [0.05, 0.1) is 12.7 Å². The molecule has 0 aliphatic carbocycles. The van der Waals surface area contributed by atoms with Crippen LogP contribution in [0.25, 0.3) is 11.1 Å². The van der Waals surface area contributed by atoms with E-state index in [1.807, 2.05) is 36.4 Å². The first-order valence-electron chi connectivity index (χ1n) is 8.99. The summed E-state index contributed by atoms with van der Waals surface area (Å²) in [5.41, 5.74) is 6.78. The fourth-order valence-corrected chi connectivity index (χ4v) is 3.18. The number of ether oxygens (including phenoxy) is 1. The van der Waals surface area contributed by atoms with Crippen molar-refractivity contribution in [2.24, 2.45) is 0 Å². The van der Waals surface area contributed by atoms with Gasteiger partial charge >= 0.3 is 5.97 Å².